The number of unbranched alkanes of at least 4 members (excludes halogenated alkanes) is 14. The first-order chi connectivity index (χ1) is 26.0. The molecule has 3 atom stereocenters. The smallest absolute Gasteiger partial charge is 0.268 e. The number of amides is 1. The molecule has 1 amide bonds. The van der Waals surface area contributed by atoms with Crippen LogP contribution in [0.3, 0.4) is 0 Å². The van der Waals surface area contributed by atoms with Crippen LogP contribution in [0.5, 0.6) is 0 Å². The van der Waals surface area contributed by atoms with Gasteiger partial charge in [0.2, 0.25) is 5.91 Å². The van der Waals surface area contributed by atoms with Crippen molar-refractivity contribution in [2.24, 2.45) is 0 Å². The minimum atomic E-state index is -4.60. The van der Waals surface area contributed by atoms with Crippen LogP contribution in [0.1, 0.15) is 155 Å². The lowest BCUT2D eigenvalue weighted by molar-refractivity contribution is -0.870. The molecule has 0 fully saturated rings. The fourth-order valence-corrected chi connectivity index (χ4v) is 6.25. The third-order valence-corrected chi connectivity index (χ3v) is 9.89. The summed E-state index contributed by atoms with van der Waals surface area (Å²) in [6, 6.07) is -0.906. The van der Waals surface area contributed by atoms with Crippen molar-refractivity contribution in [3.63, 3.8) is 0 Å². The van der Waals surface area contributed by atoms with Crippen molar-refractivity contribution in [3.05, 3.63) is 72.9 Å². The van der Waals surface area contributed by atoms with Gasteiger partial charge in [-0.1, -0.05) is 157 Å². The van der Waals surface area contributed by atoms with E-state index >= 15 is 0 Å². The van der Waals surface area contributed by atoms with Gasteiger partial charge in [0.1, 0.15) is 13.2 Å². The molecule has 0 aliphatic rings. The van der Waals surface area contributed by atoms with Gasteiger partial charge in [-0.05, 0) is 64.2 Å². The summed E-state index contributed by atoms with van der Waals surface area (Å²) >= 11 is 0. The summed E-state index contributed by atoms with van der Waals surface area (Å²) in [7, 11) is 1.22. The summed E-state index contributed by atoms with van der Waals surface area (Å²) in [5, 5.41) is 13.7. The monoisotopic (exact) mass is 777 g/mol. The summed E-state index contributed by atoms with van der Waals surface area (Å²) in [6.07, 6.45) is 48.0. The maximum Gasteiger partial charge on any atom is 0.268 e. The van der Waals surface area contributed by atoms with Crippen molar-refractivity contribution >= 4 is 13.7 Å². The molecule has 54 heavy (non-hydrogen) atoms. The lowest BCUT2D eigenvalue weighted by Crippen LogP contribution is -2.45. The lowest BCUT2D eigenvalue weighted by Gasteiger charge is -2.29. The molecule has 0 aliphatic carbocycles. The summed E-state index contributed by atoms with van der Waals surface area (Å²) < 4.78 is 23.1. The SMILES string of the molecule is CC/C=C\C/C=C\C/C=C\C/C=C\C/C=C\CCCCCC(=O)NC(COP(=O)([O-])OCC[N+](C)(C)C)C(O)/C=C/CCCCCCCCCCCCC. The van der Waals surface area contributed by atoms with Crippen LogP contribution in [-0.4, -0.2) is 68.5 Å². The number of nitrogens with zero attached hydrogens (tertiary/aromatic N) is 1. The molecule has 0 aromatic carbocycles. The minimum Gasteiger partial charge on any atom is -0.756 e. The number of likely N-dealkylation sites (N-methyl/N-ethyl adjacent to an activating group) is 1. The van der Waals surface area contributed by atoms with E-state index in [4.69, 9.17) is 9.05 Å². The average Bonchev–Trinajstić information content (AvgIpc) is 3.12. The average molecular weight is 777 g/mol. The predicted molar refractivity (Wildman–Crippen MR) is 228 cm³/mol. The van der Waals surface area contributed by atoms with E-state index in [1.165, 1.54) is 57.8 Å². The highest BCUT2D eigenvalue weighted by Crippen LogP contribution is 2.38. The van der Waals surface area contributed by atoms with E-state index in [9.17, 15) is 19.4 Å². The molecule has 0 saturated heterocycles. The zero-order valence-electron chi connectivity index (χ0n) is 35.1. The highest BCUT2D eigenvalue weighted by Gasteiger charge is 2.23. The van der Waals surface area contributed by atoms with Crippen molar-refractivity contribution in [2.75, 3.05) is 40.9 Å². The molecule has 0 spiro atoms. The van der Waals surface area contributed by atoms with Crippen LogP contribution in [0.2, 0.25) is 0 Å². The lowest BCUT2D eigenvalue weighted by atomic mass is 10.0. The van der Waals surface area contributed by atoms with Gasteiger partial charge in [-0.25, -0.2) is 0 Å². The Bertz CT molecular complexity index is 1110. The Morgan fingerprint density at radius 3 is 1.65 bits per heavy atom. The number of aliphatic hydroxyl groups excluding tert-OH is 1. The van der Waals surface area contributed by atoms with Crippen LogP contribution < -0.4 is 10.2 Å². The fourth-order valence-electron chi connectivity index (χ4n) is 5.53. The largest absolute Gasteiger partial charge is 0.756 e. The van der Waals surface area contributed by atoms with Crippen LogP contribution in [-0.2, 0) is 18.4 Å². The van der Waals surface area contributed by atoms with Crippen LogP contribution in [0.25, 0.3) is 0 Å². The highest BCUT2D eigenvalue weighted by atomic mass is 31.2. The van der Waals surface area contributed by atoms with Crippen LogP contribution in [0.4, 0.5) is 0 Å². The third kappa shape index (κ3) is 38.2. The second-order valence-corrected chi connectivity index (χ2v) is 16.7. The normalized spacial score (nSPS) is 15.2. The molecular weight excluding hydrogens is 695 g/mol. The van der Waals surface area contributed by atoms with Gasteiger partial charge in [-0.2, -0.15) is 0 Å². The van der Waals surface area contributed by atoms with Crippen molar-refractivity contribution in [2.45, 2.75) is 167 Å². The summed E-state index contributed by atoms with van der Waals surface area (Å²) in [5.74, 6) is -0.233. The Morgan fingerprint density at radius 2 is 1.13 bits per heavy atom. The number of hydrogen-bond donors (Lipinski definition) is 2. The van der Waals surface area contributed by atoms with Gasteiger partial charge in [0.05, 0.1) is 39.9 Å². The molecule has 0 aromatic rings. The Morgan fingerprint density at radius 1 is 0.667 bits per heavy atom. The first-order valence-corrected chi connectivity index (χ1v) is 22.8. The molecule has 0 rings (SSSR count). The van der Waals surface area contributed by atoms with Crippen molar-refractivity contribution < 1.29 is 32.9 Å². The number of phosphoric ester groups is 1. The van der Waals surface area contributed by atoms with E-state index < -0.39 is 26.6 Å². The first-order valence-electron chi connectivity index (χ1n) is 21.3. The van der Waals surface area contributed by atoms with Gasteiger partial charge in [-0.15, -0.1) is 0 Å². The maximum atomic E-state index is 12.8. The second-order valence-electron chi connectivity index (χ2n) is 15.3. The number of carbonyl (C=O) groups excluding carboxylic acids is 1. The van der Waals surface area contributed by atoms with Crippen LogP contribution in [0, 0.1) is 0 Å². The zero-order valence-corrected chi connectivity index (χ0v) is 36.0. The Kier molecular flexibility index (Phi) is 35.2. The molecule has 3 unspecified atom stereocenters. The Balaban J connectivity index is 4.54. The van der Waals surface area contributed by atoms with Crippen molar-refractivity contribution in [3.8, 4) is 0 Å². The van der Waals surface area contributed by atoms with Crippen LogP contribution >= 0.6 is 7.82 Å². The van der Waals surface area contributed by atoms with E-state index in [0.717, 1.165) is 70.6 Å². The quantitative estimate of drug-likeness (QED) is 0.0281. The number of phosphoric acid groups is 1. The number of hydrogen-bond acceptors (Lipinski definition) is 6. The van der Waals surface area contributed by atoms with Crippen LogP contribution in [0.15, 0.2) is 72.9 Å². The number of quaternary nitrogens is 1. The summed E-state index contributed by atoms with van der Waals surface area (Å²) in [5.41, 5.74) is 0. The van der Waals surface area contributed by atoms with E-state index in [2.05, 4.69) is 79.9 Å². The Hall–Kier alpha value is -2.06. The molecule has 2 N–H and O–H groups in total. The van der Waals surface area contributed by atoms with Gasteiger partial charge in [0.25, 0.3) is 7.82 Å². The molecule has 0 aromatic heterocycles. The molecule has 0 saturated carbocycles. The van der Waals surface area contributed by atoms with E-state index in [0.29, 0.717) is 23.9 Å². The zero-order chi connectivity index (χ0) is 40.0. The van der Waals surface area contributed by atoms with Crippen molar-refractivity contribution in [1.82, 2.24) is 5.32 Å². The molecule has 0 heterocycles. The standard InChI is InChI=1S/C45H81N2O6P/c1-6-8-10-12-14-16-18-20-21-22-23-24-25-27-29-31-33-35-37-39-45(49)46-43(42-53-54(50,51)52-41-40-47(3,4)5)44(48)38-36-34-32-30-28-26-19-17-15-13-11-9-7-2/h8,10,14,16,20-21,23-24,27,29,36,38,43-44,48H,6-7,9,11-13,15,17-19,22,25-26,28,30-35,37,39-42H2,1-5H3,(H-,46,49,50,51)/b10-8-,16-14-,21-20-,24-23-,29-27-,38-36+. The van der Waals surface area contributed by atoms with E-state index in [1.54, 1.807) is 6.08 Å². The van der Waals surface area contributed by atoms with Crippen molar-refractivity contribution in [1.29, 1.82) is 0 Å². The number of rotatable bonds is 37. The topological polar surface area (TPSA) is 108 Å². The molecule has 312 valence electrons. The van der Waals surface area contributed by atoms with Gasteiger partial charge in [0.15, 0.2) is 0 Å². The molecule has 9 heteroatoms. The third-order valence-electron chi connectivity index (χ3n) is 8.92. The molecule has 8 nitrogen and oxygen atoms in total. The highest BCUT2D eigenvalue weighted by molar-refractivity contribution is 7.45. The van der Waals surface area contributed by atoms with E-state index in [1.807, 2.05) is 27.2 Å². The predicted octanol–water partition coefficient (Wildman–Crippen LogP) is 11.0. The fraction of sp³-hybridized carbons (Fsp3) is 0.711. The van der Waals surface area contributed by atoms with Gasteiger partial charge in [-0.3, -0.25) is 9.36 Å². The number of carbonyl (C=O) groups is 1. The molecule has 0 radical (unpaired) electrons. The number of aliphatic hydroxyl groups is 1. The van der Waals surface area contributed by atoms with E-state index in [-0.39, 0.29) is 12.5 Å². The summed E-state index contributed by atoms with van der Waals surface area (Å²) in [6.45, 7) is 4.47. The Labute approximate surface area is 332 Å². The number of allylic oxidation sites excluding steroid dienone is 11. The van der Waals surface area contributed by atoms with Gasteiger partial charge >= 0.3 is 0 Å². The summed E-state index contributed by atoms with van der Waals surface area (Å²) in [4.78, 5) is 25.2. The molecular formula is C45H81N2O6P. The maximum absolute atomic E-state index is 12.8. The number of nitrogens with one attached hydrogen (secondary N) is 1. The first kappa shape index (κ1) is 51.9. The molecule has 0 bridgehead atoms. The van der Waals surface area contributed by atoms with Gasteiger partial charge in [0, 0.05) is 6.42 Å². The second kappa shape index (κ2) is 36.6. The van der Waals surface area contributed by atoms with Gasteiger partial charge < -0.3 is 28.8 Å². The minimum absolute atomic E-state index is 0.0116. The molecule has 0 aliphatic heterocycles.